The van der Waals surface area contributed by atoms with E-state index >= 15 is 0 Å². The van der Waals surface area contributed by atoms with Gasteiger partial charge in [-0.05, 0) is 23.8 Å². The number of methoxy groups -OCH3 is 3. The Kier molecular flexibility index (Phi) is 6.27. The minimum atomic E-state index is -0.0862. The van der Waals surface area contributed by atoms with Crippen LogP contribution in [0.3, 0.4) is 0 Å². The van der Waals surface area contributed by atoms with Crippen LogP contribution in [-0.2, 0) is 9.59 Å². The summed E-state index contributed by atoms with van der Waals surface area (Å²) in [5, 5.41) is 0. The SMILES string of the molecule is COc1cc(C=CC(=O)N2CCN(C(C)=O)CC2)cc(OC)c1OC. The average molecular weight is 348 g/mol. The van der Waals surface area contributed by atoms with Crippen LogP contribution in [0.4, 0.5) is 0 Å². The van der Waals surface area contributed by atoms with Crippen LogP contribution in [0.2, 0.25) is 0 Å². The zero-order chi connectivity index (χ0) is 18.4. The van der Waals surface area contributed by atoms with E-state index in [9.17, 15) is 9.59 Å². The number of hydrogen-bond donors (Lipinski definition) is 0. The molecule has 2 amide bonds. The minimum Gasteiger partial charge on any atom is -0.493 e. The molecule has 2 rings (SSSR count). The first kappa shape index (κ1) is 18.6. The molecule has 1 aromatic rings. The van der Waals surface area contributed by atoms with Crippen molar-refractivity contribution in [3.8, 4) is 17.2 Å². The van der Waals surface area contributed by atoms with E-state index in [0.717, 1.165) is 5.56 Å². The van der Waals surface area contributed by atoms with Gasteiger partial charge in [0.1, 0.15) is 0 Å². The van der Waals surface area contributed by atoms with Crippen LogP contribution in [0.15, 0.2) is 18.2 Å². The zero-order valence-corrected chi connectivity index (χ0v) is 15.1. The molecule has 0 radical (unpaired) electrons. The van der Waals surface area contributed by atoms with E-state index in [4.69, 9.17) is 14.2 Å². The van der Waals surface area contributed by atoms with Gasteiger partial charge in [-0.3, -0.25) is 9.59 Å². The summed E-state index contributed by atoms with van der Waals surface area (Å²) in [5.41, 5.74) is 0.769. The van der Waals surface area contributed by atoms with Crippen molar-refractivity contribution in [1.82, 2.24) is 9.80 Å². The predicted molar refractivity (Wildman–Crippen MR) is 94.0 cm³/mol. The van der Waals surface area contributed by atoms with Crippen LogP contribution in [0.1, 0.15) is 12.5 Å². The smallest absolute Gasteiger partial charge is 0.246 e. The molecule has 0 aliphatic carbocycles. The molecule has 7 heteroatoms. The van der Waals surface area contributed by atoms with Gasteiger partial charge in [-0.2, -0.15) is 0 Å². The zero-order valence-electron chi connectivity index (χ0n) is 15.1. The van der Waals surface area contributed by atoms with Crippen molar-refractivity contribution in [3.05, 3.63) is 23.8 Å². The summed E-state index contributed by atoms with van der Waals surface area (Å²) < 4.78 is 15.9. The third kappa shape index (κ3) is 4.43. The summed E-state index contributed by atoms with van der Waals surface area (Å²) in [6.07, 6.45) is 3.23. The maximum Gasteiger partial charge on any atom is 0.246 e. The van der Waals surface area contributed by atoms with E-state index in [1.165, 1.54) is 6.08 Å². The molecule has 1 aliphatic rings. The Labute approximate surface area is 147 Å². The lowest BCUT2D eigenvalue weighted by Crippen LogP contribution is -2.49. The quantitative estimate of drug-likeness (QED) is 0.753. The van der Waals surface area contributed by atoms with Crippen LogP contribution < -0.4 is 14.2 Å². The fraction of sp³-hybridized carbons (Fsp3) is 0.444. The molecule has 25 heavy (non-hydrogen) atoms. The van der Waals surface area contributed by atoms with Gasteiger partial charge in [0.15, 0.2) is 11.5 Å². The topological polar surface area (TPSA) is 68.3 Å². The molecule has 0 atom stereocenters. The van der Waals surface area contributed by atoms with Crippen LogP contribution in [0.5, 0.6) is 17.2 Å². The largest absolute Gasteiger partial charge is 0.493 e. The van der Waals surface area contributed by atoms with Gasteiger partial charge >= 0.3 is 0 Å². The lowest BCUT2D eigenvalue weighted by molar-refractivity contribution is -0.135. The monoisotopic (exact) mass is 348 g/mol. The van der Waals surface area contributed by atoms with Gasteiger partial charge in [0.2, 0.25) is 17.6 Å². The molecule has 1 fully saturated rings. The van der Waals surface area contributed by atoms with E-state index < -0.39 is 0 Å². The molecule has 136 valence electrons. The lowest BCUT2D eigenvalue weighted by Gasteiger charge is -2.33. The fourth-order valence-corrected chi connectivity index (χ4v) is 2.71. The first-order valence-corrected chi connectivity index (χ1v) is 8.02. The van der Waals surface area contributed by atoms with Gasteiger partial charge in [0.05, 0.1) is 21.3 Å². The molecule has 0 spiro atoms. The third-order valence-corrected chi connectivity index (χ3v) is 4.14. The van der Waals surface area contributed by atoms with Gasteiger partial charge in [-0.1, -0.05) is 0 Å². The van der Waals surface area contributed by atoms with Crippen LogP contribution in [0.25, 0.3) is 6.08 Å². The van der Waals surface area contributed by atoms with Crippen LogP contribution in [0, 0.1) is 0 Å². The third-order valence-electron chi connectivity index (χ3n) is 4.14. The number of rotatable bonds is 5. The number of amides is 2. The van der Waals surface area contributed by atoms with E-state index in [-0.39, 0.29) is 11.8 Å². The van der Waals surface area contributed by atoms with Crippen LogP contribution >= 0.6 is 0 Å². The normalized spacial score (nSPS) is 14.6. The summed E-state index contributed by atoms with van der Waals surface area (Å²) in [5.74, 6) is 1.53. The minimum absolute atomic E-state index is 0.0417. The number of benzene rings is 1. The van der Waals surface area contributed by atoms with Crippen molar-refractivity contribution in [3.63, 3.8) is 0 Å². The van der Waals surface area contributed by atoms with Crippen LogP contribution in [-0.4, -0.2) is 69.1 Å². The first-order valence-electron chi connectivity index (χ1n) is 8.02. The molecule has 7 nitrogen and oxygen atoms in total. The summed E-state index contributed by atoms with van der Waals surface area (Å²) in [4.78, 5) is 27.1. The Balaban J connectivity index is 2.08. The Bertz CT molecular complexity index is 638. The van der Waals surface area contributed by atoms with Gasteiger partial charge in [0.25, 0.3) is 0 Å². The molecule has 0 bridgehead atoms. The van der Waals surface area contributed by atoms with Crippen molar-refractivity contribution < 1.29 is 23.8 Å². The summed E-state index contributed by atoms with van der Waals surface area (Å²) >= 11 is 0. The van der Waals surface area contributed by atoms with Gasteiger partial charge in [-0.25, -0.2) is 0 Å². The Morgan fingerprint density at radius 3 is 1.88 bits per heavy atom. The van der Waals surface area contributed by atoms with Crippen molar-refractivity contribution in [1.29, 1.82) is 0 Å². The van der Waals surface area contributed by atoms with Crippen molar-refractivity contribution >= 4 is 17.9 Å². The highest BCUT2D eigenvalue weighted by Crippen LogP contribution is 2.38. The van der Waals surface area contributed by atoms with E-state index in [1.807, 2.05) is 0 Å². The maximum atomic E-state index is 12.3. The van der Waals surface area contributed by atoms with E-state index in [2.05, 4.69) is 0 Å². The molecule has 1 saturated heterocycles. The average Bonchev–Trinajstić information content (AvgIpc) is 2.64. The summed E-state index contributed by atoms with van der Waals surface area (Å²) in [6.45, 7) is 3.76. The van der Waals surface area contributed by atoms with Gasteiger partial charge in [0, 0.05) is 39.2 Å². The highest BCUT2D eigenvalue weighted by molar-refractivity contribution is 5.92. The number of piperazine rings is 1. The second kappa shape index (κ2) is 8.41. The number of hydrogen-bond acceptors (Lipinski definition) is 5. The van der Waals surface area contributed by atoms with Gasteiger partial charge in [-0.15, -0.1) is 0 Å². The number of ether oxygens (including phenoxy) is 3. The van der Waals surface area contributed by atoms with Crippen molar-refractivity contribution in [2.24, 2.45) is 0 Å². The van der Waals surface area contributed by atoms with E-state index in [0.29, 0.717) is 43.4 Å². The Morgan fingerprint density at radius 2 is 1.44 bits per heavy atom. The molecule has 1 heterocycles. The summed E-state index contributed by atoms with van der Waals surface area (Å²) in [6, 6.07) is 3.55. The van der Waals surface area contributed by atoms with E-state index in [1.54, 1.807) is 56.3 Å². The molecule has 0 saturated carbocycles. The molecule has 0 N–H and O–H groups in total. The highest BCUT2D eigenvalue weighted by atomic mass is 16.5. The Morgan fingerprint density at radius 1 is 0.920 bits per heavy atom. The molecule has 0 unspecified atom stereocenters. The molecular weight excluding hydrogens is 324 g/mol. The first-order chi connectivity index (χ1) is 12.0. The molecular formula is C18H24N2O5. The second-order valence-electron chi connectivity index (χ2n) is 5.62. The second-order valence-corrected chi connectivity index (χ2v) is 5.62. The molecule has 0 aromatic heterocycles. The maximum absolute atomic E-state index is 12.3. The predicted octanol–water partition coefficient (Wildman–Crippen LogP) is 1.42. The standard InChI is InChI=1S/C18H24N2O5/c1-13(21)19-7-9-20(10-8-19)17(22)6-5-14-11-15(23-2)18(25-4)16(12-14)24-3/h5-6,11-12H,7-10H2,1-4H3. The number of carbonyl (C=O) groups is 2. The Hall–Kier alpha value is -2.70. The fourth-order valence-electron chi connectivity index (χ4n) is 2.71. The van der Waals surface area contributed by atoms with Crippen molar-refractivity contribution in [2.45, 2.75) is 6.92 Å². The summed E-state index contributed by atoms with van der Waals surface area (Å²) in [7, 11) is 4.63. The molecule has 1 aromatic carbocycles. The highest BCUT2D eigenvalue weighted by Gasteiger charge is 2.21. The number of carbonyl (C=O) groups excluding carboxylic acids is 2. The number of nitrogens with zero attached hydrogens (tertiary/aromatic N) is 2. The van der Waals surface area contributed by atoms with Crippen molar-refractivity contribution in [2.75, 3.05) is 47.5 Å². The van der Waals surface area contributed by atoms with Gasteiger partial charge < -0.3 is 24.0 Å². The lowest BCUT2D eigenvalue weighted by atomic mass is 10.1. The molecule has 1 aliphatic heterocycles.